The van der Waals surface area contributed by atoms with Gasteiger partial charge in [-0.3, -0.25) is 0 Å². The highest BCUT2D eigenvalue weighted by atomic mass is 32.1. The molecule has 0 radical (unpaired) electrons. The summed E-state index contributed by atoms with van der Waals surface area (Å²) >= 11 is 5.15. The van der Waals surface area contributed by atoms with Crippen molar-refractivity contribution in [2.24, 2.45) is 0 Å². The SMILES string of the molecule is CC(C)NC(=S)NCCCCc1ccccc1. The fraction of sp³-hybridized carbons (Fsp3) is 0.500. The first kappa shape index (κ1) is 14.0. The monoisotopic (exact) mass is 250 g/mol. The van der Waals surface area contributed by atoms with Crippen LogP contribution in [-0.4, -0.2) is 17.7 Å². The Hall–Kier alpha value is -1.09. The number of hydrogen-bond donors (Lipinski definition) is 2. The van der Waals surface area contributed by atoms with Gasteiger partial charge in [0.25, 0.3) is 0 Å². The minimum Gasteiger partial charge on any atom is -0.363 e. The fourth-order valence-electron chi connectivity index (χ4n) is 1.61. The second-order valence-corrected chi connectivity index (χ2v) is 4.91. The third kappa shape index (κ3) is 6.95. The fourth-order valence-corrected chi connectivity index (χ4v) is 1.95. The van der Waals surface area contributed by atoms with Crippen LogP contribution in [0.4, 0.5) is 0 Å². The Bertz CT molecular complexity index is 322. The molecule has 0 aliphatic heterocycles. The molecule has 1 aromatic rings. The molecule has 0 unspecified atom stereocenters. The number of benzene rings is 1. The maximum Gasteiger partial charge on any atom is 0.166 e. The van der Waals surface area contributed by atoms with Crippen LogP contribution in [0.1, 0.15) is 32.3 Å². The van der Waals surface area contributed by atoms with Gasteiger partial charge in [-0.1, -0.05) is 30.3 Å². The molecular formula is C14H22N2S. The molecule has 17 heavy (non-hydrogen) atoms. The molecule has 3 heteroatoms. The van der Waals surface area contributed by atoms with E-state index in [9.17, 15) is 0 Å². The minimum atomic E-state index is 0.402. The van der Waals surface area contributed by atoms with Crippen LogP contribution in [0.2, 0.25) is 0 Å². The summed E-state index contributed by atoms with van der Waals surface area (Å²) in [7, 11) is 0. The third-order valence-electron chi connectivity index (χ3n) is 2.44. The summed E-state index contributed by atoms with van der Waals surface area (Å²) in [5, 5.41) is 7.16. The van der Waals surface area contributed by atoms with Crippen LogP contribution in [0.15, 0.2) is 30.3 Å². The first-order valence-corrected chi connectivity index (χ1v) is 6.67. The lowest BCUT2D eigenvalue weighted by molar-refractivity contribution is 0.677. The van der Waals surface area contributed by atoms with Crippen LogP contribution >= 0.6 is 12.2 Å². The van der Waals surface area contributed by atoms with E-state index >= 15 is 0 Å². The van der Waals surface area contributed by atoms with Crippen LogP contribution in [0, 0.1) is 0 Å². The molecule has 0 bridgehead atoms. The first-order valence-electron chi connectivity index (χ1n) is 6.27. The molecule has 0 amide bonds. The van der Waals surface area contributed by atoms with E-state index in [2.05, 4.69) is 54.8 Å². The molecule has 94 valence electrons. The third-order valence-corrected chi connectivity index (χ3v) is 2.70. The number of nitrogens with one attached hydrogen (secondary N) is 2. The number of hydrogen-bond acceptors (Lipinski definition) is 1. The average Bonchev–Trinajstić information content (AvgIpc) is 2.29. The summed E-state index contributed by atoms with van der Waals surface area (Å²) in [6.45, 7) is 5.12. The maximum absolute atomic E-state index is 5.15. The van der Waals surface area contributed by atoms with E-state index in [1.807, 2.05) is 0 Å². The second kappa shape index (κ2) is 8.07. The van der Waals surface area contributed by atoms with Gasteiger partial charge in [0.2, 0.25) is 0 Å². The summed E-state index contributed by atoms with van der Waals surface area (Å²) in [6, 6.07) is 11.0. The smallest absolute Gasteiger partial charge is 0.166 e. The van der Waals surface area contributed by atoms with Crippen molar-refractivity contribution in [1.82, 2.24) is 10.6 Å². The number of aryl methyl sites for hydroxylation is 1. The molecule has 0 heterocycles. The van der Waals surface area contributed by atoms with Crippen LogP contribution in [0.25, 0.3) is 0 Å². The zero-order chi connectivity index (χ0) is 12.5. The largest absolute Gasteiger partial charge is 0.363 e. The number of rotatable bonds is 6. The summed E-state index contributed by atoms with van der Waals surface area (Å²) in [4.78, 5) is 0. The van der Waals surface area contributed by atoms with Crippen molar-refractivity contribution < 1.29 is 0 Å². The summed E-state index contributed by atoms with van der Waals surface area (Å²) in [5.74, 6) is 0. The Morgan fingerprint density at radius 2 is 1.88 bits per heavy atom. The van der Waals surface area contributed by atoms with Gasteiger partial charge in [0, 0.05) is 12.6 Å². The Morgan fingerprint density at radius 3 is 2.53 bits per heavy atom. The van der Waals surface area contributed by atoms with Crippen LogP contribution in [0.3, 0.4) is 0 Å². The zero-order valence-corrected chi connectivity index (χ0v) is 11.5. The molecule has 0 fully saturated rings. The van der Waals surface area contributed by atoms with Gasteiger partial charge < -0.3 is 10.6 Å². The molecule has 1 aromatic carbocycles. The highest BCUT2D eigenvalue weighted by molar-refractivity contribution is 7.80. The molecule has 0 aromatic heterocycles. The van der Waals surface area contributed by atoms with Crippen molar-refractivity contribution in [3.8, 4) is 0 Å². The predicted molar refractivity (Wildman–Crippen MR) is 78.3 cm³/mol. The van der Waals surface area contributed by atoms with Gasteiger partial charge in [-0.05, 0) is 50.9 Å². The van der Waals surface area contributed by atoms with E-state index < -0.39 is 0 Å². The van der Waals surface area contributed by atoms with Crippen molar-refractivity contribution >= 4 is 17.3 Å². The standard InChI is InChI=1S/C14H22N2S/c1-12(2)16-14(17)15-11-7-6-10-13-8-4-3-5-9-13/h3-5,8-9,12H,6-7,10-11H2,1-2H3,(H2,15,16,17). The molecular weight excluding hydrogens is 228 g/mol. The molecule has 0 saturated heterocycles. The van der Waals surface area contributed by atoms with Gasteiger partial charge in [0.1, 0.15) is 0 Å². The van der Waals surface area contributed by atoms with Crippen LogP contribution in [0.5, 0.6) is 0 Å². The molecule has 0 atom stereocenters. The predicted octanol–water partition coefficient (Wildman–Crippen LogP) is 2.88. The lowest BCUT2D eigenvalue weighted by atomic mass is 10.1. The molecule has 0 aliphatic rings. The number of unbranched alkanes of at least 4 members (excludes halogenated alkanes) is 1. The summed E-state index contributed by atoms with van der Waals surface area (Å²) in [5.41, 5.74) is 1.41. The minimum absolute atomic E-state index is 0.402. The van der Waals surface area contributed by atoms with Gasteiger partial charge in [-0.2, -0.15) is 0 Å². The van der Waals surface area contributed by atoms with Crippen LogP contribution < -0.4 is 10.6 Å². The maximum atomic E-state index is 5.15. The molecule has 0 saturated carbocycles. The van der Waals surface area contributed by atoms with Gasteiger partial charge in [-0.25, -0.2) is 0 Å². The van der Waals surface area contributed by atoms with E-state index in [0.29, 0.717) is 6.04 Å². The molecule has 1 rings (SSSR count). The highest BCUT2D eigenvalue weighted by Gasteiger charge is 1.97. The Morgan fingerprint density at radius 1 is 1.18 bits per heavy atom. The second-order valence-electron chi connectivity index (χ2n) is 4.50. The van der Waals surface area contributed by atoms with Gasteiger partial charge in [0.15, 0.2) is 5.11 Å². The van der Waals surface area contributed by atoms with Crippen LogP contribution in [-0.2, 0) is 6.42 Å². The van der Waals surface area contributed by atoms with Gasteiger partial charge in [-0.15, -0.1) is 0 Å². The number of thiocarbonyl (C=S) groups is 1. The van der Waals surface area contributed by atoms with E-state index in [4.69, 9.17) is 12.2 Å². The van der Waals surface area contributed by atoms with Crippen molar-refractivity contribution in [3.05, 3.63) is 35.9 Å². The zero-order valence-electron chi connectivity index (χ0n) is 10.7. The highest BCUT2D eigenvalue weighted by Crippen LogP contribution is 2.03. The average molecular weight is 250 g/mol. The summed E-state index contributed by atoms with van der Waals surface area (Å²) < 4.78 is 0. The normalized spacial score (nSPS) is 10.3. The Labute approximate surface area is 110 Å². The molecule has 0 aliphatic carbocycles. The van der Waals surface area contributed by atoms with Crippen molar-refractivity contribution in [2.45, 2.75) is 39.2 Å². The van der Waals surface area contributed by atoms with Crippen molar-refractivity contribution in [1.29, 1.82) is 0 Å². The molecule has 0 spiro atoms. The van der Waals surface area contributed by atoms with E-state index in [0.717, 1.165) is 24.5 Å². The van der Waals surface area contributed by atoms with E-state index in [1.165, 1.54) is 12.0 Å². The lowest BCUT2D eigenvalue weighted by Crippen LogP contribution is -2.39. The van der Waals surface area contributed by atoms with E-state index in [1.54, 1.807) is 0 Å². The van der Waals surface area contributed by atoms with Gasteiger partial charge >= 0.3 is 0 Å². The topological polar surface area (TPSA) is 24.1 Å². The quantitative estimate of drug-likeness (QED) is 0.600. The van der Waals surface area contributed by atoms with Gasteiger partial charge in [0.05, 0.1) is 0 Å². The van der Waals surface area contributed by atoms with Crippen molar-refractivity contribution in [2.75, 3.05) is 6.54 Å². The Balaban J connectivity index is 2.03. The van der Waals surface area contributed by atoms with E-state index in [-0.39, 0.29) is 0 Å². The summed E-state index contributed by atoms with van der Waals surface area (Å²) in [6.07, 6.45) is 3.49. The first-order chi connectivity index (χ1) is 8.18. The molecule has 2 nitrogen and oxygen atoms in total. The molecule has 2 N–H and O–H groups in total. The van der Waals surface area contributed by atoms with Crippen molar-refractivity contribution in [3.63, 3.8) is 0 Å². The lowest BCUT2D eigenvalue weighted by Gasteiger charge is -2.12. The Kier molecular flexibility index (Phi) is 6.63.